The number of carbonyl (C=O) groups is 2. The van der Waals surface area contributed by atoms with E-state index in [1.54, 1.807) is 0 Å². The molecule has 1 heterocycles. The van der Waals surface area contributed by atoms with Crippen molar-refractivity contribution in [3.8, 4) is 0 Å². The molecule has 0 radical (unpaired) electrons. The van der Waals surface area contributed by atoms with E-state index in [-0.39, 0.29) is 17.6 Å². The maximum absolute atomic E-state index is 11.0. The number of aliphatic carboxylic acids is 1. The van der Waals surface area contributed by atoms with Gasteiger partial charge in [-0.05, 0) is 6.42 Å². The van der Waals surface area contributed by atoms with E-state index in [9.17, 15) is 9.59 Å². The summed E-state index contributed by atoms with van der Waals surface area (Å²) >= 11 is 1.43. The smallest absolute Gasteiger partial charge is 0.304 e. The second-order valence-electron chi connectivity index (χ2n) is 2.58. The number of thioether (sulfide) groups is 1. The van der Waals surface area contributed by atoms with Gasteiger partial charge in [0.15, 0.2) is 0 Å². The Hall–Kier alpha value is -0.710. The van der Waals surface area contributed by atoms with Crippen LogP contribution in [0.4, 0.5) is 0 Å². The maximum Gasteiger partial charge on any atom is 0.304 e. The molecule has 5 heteroatoms. The van der Waals surface area contributed by atoms with E-state index in [2.05, 4.69) is 5.32 Å². The van der Waals surface area contributed by atoms with Crippen LogP contribution in [0.25, 0.3) is 0 Å². The van der Waals surface area contributed by atoms with Crippen LogP contribution in [0.3, 0.4) is 0 Å². The highest BCUT2D eigenvalue weighted by Gasteiger charge is 2.23. The Morgan fingerprint density at radius 2 is 2.50 bits per heavy atom. The van der Waals surface area contributed by atoms with Gasteiger partial charge in [0.2, 0.25) is 5.91 Å². The van der Waals surface area contributed by atoms with Crippen molar-refractivity contribution in [1.82, 2.24) is 5.32 Å². The summed E-state index contributed by atoms with van der Waals surface area (Å²) in [5, 5.41) is 11.0. The molecular weight excluding hydrogens is 178 g/mol. The minimum atomic E-state index is -0.805. The Balaban J connectivity index is 2.14. The van der Waals surface area contributed by atoms with E-state index in [0.717, 1.165) is 13.0 Å². The lowest BCUT2D eigenvalue weighted by Gasteiger charge is -2.03. The third kappa shape index (κ3) is 2.73. The minimum absolute atomic E-state index is 0.0238. The lowest BCUT2D eigenvalue weighted by Crippen LogP contribution is -2.20. The first-order valence-corrected chi connectivity index (χ1v) is 4.86. The monoisotopic (exact) mass is 189 g/mol. The van der Waals surface area contributed by atoms with Crippen LogP contribution in [0.15, 0.2) is 0 Å². The second-order valence-corrected chi connectivity index (χ2v) is 3.89. The summed E-state index contributed by atoms with van der Waals surface area (Å²) in [4.78, 5) is 21.1. The van der Waals surface area contributed by atoms with E-state index >= 15 is 0 Å². The predicted octanol–water partition coefficient (Wildman–Crippen LogP) is 0.0828. The first-order chi connectivity index (χ1) is 5.70. The fourth-order valence-corrected chi connectivity index (χ4v) is 2.12. The molecule has 0 spiro atoms. The van der Waals surface area contributed by atoms with Gasteiger partial charge >= 0.3 is 5.97 Å². The minimum Gasteiger partial charge on any atom is -0.481 e. The van der Waals surface area contributed by atoms with Crippen molar-refractivity contribution >= 4 is 23.6 Å². The third-order valence-corrected chi connectivity index (χ3v) is 2.93. The number of amides is 1. The van der Waals surface area contributed by atoms with Crippen molar-refractivity contribution in [2.75, 3.05) is 12.3 Å². The number of rotatable bonds is 4. The van der Waals surface area contributed by atoms with Gasteiger partial charge in [-0.3, -0.25) is 9.59 Å². The molecular formula is C7H11NO3S. The molecule has 2 N–H and O–H groups in total. The molecule has 1 unspecified atom stereocenters. The van der Waals surface area contributed by atoms with Gasteiger partial charge in [-0.25, -0.2) is 0 Å². The number of carboxylic acids is 1. The SMILES string of the molecule is O=C(O)CCSC1CCNC1=O. The summed E-state index contributed by atoms with van der Waals surface area (Å²) in [5.74, 6) is -0.237. The molecule has 1 aliphatic rings. The average Bonchev–Trinajstić information content (AvgIpc) is 2.36. The molecule has 0 aromatic rings. The molecule has 0 aromatic carbocycles. The van der Waals surface area contributed by atoms with Gasteiger partial charge < -0.3 is 10.4 Å². The number of nitrogens with one attached hydrogen (secondary N) is 1. The Morgan fingerprint density at radius 3 is 3.00 bits per heavy atom. The lowest BCUT2D eigenvalue weighted by molar-refractivity contribution is -0.136. The molecule has 1 saturated heterocycles. The normalized spacial score (nSPS) is 22.3. The lowest BCUT2D eigenvalue weighted by atomic mass is 10.4. The van der Waals surface area contributed by atoms with Crippen LogP contribution in [0.2, 0.25) is 0 Å². The van der Waals surface area contributed by atoms with Crippen molar-refractivity contribution < 1.29 is 14.7 Å². The highest BCUT2D eigenvalue weighted by atomic mass is 32.2. The summed E-state index contributed by atoms with van der Waals surface area (Å²) in [6.07, 6.45) is 0.956. The van der Waals surface area contributed by atoms with Crippen molar-refractivity contribution in [1.29, 1.82) is 0 Å². The zero-order valence-electron chi connectivity index (χ0n) is 6.58. The molecule has 0 bridgehead atoms. The van der Waals surface area contributed by atoms with Gasteiger partial charge in [0, 0.05) is 12.3 Å². The number of carbonyl (C=O) groups excluding carboxylic acids is 1. The van der Waals surface area contributed by atoms with Crippen molar-refractivity contribution in [3.05, 3.63) is 0 Å². The first kappa shape index (κ1) is 9.38. The Bertz CT molecular complexity index is 195. The predicted molar refractivity (Wildman–Crippen MR) is 46.1 cm³/mol. The zero-order chi connectivity index (χ0) is 8.97. The molecule has 1 aliphatic heterocycles. The first-order valence-electron chi connectivity index (χ1n) is 3.81. The van der Waals surface area contributed by atoms with Crippen LogP contribution in [0.5, 0.6) is 0 Å². The number of hydrogen-bond donors (Lipinski definition) is 2. The van der Waals surface area contributed by atoms with Crippen LogP contribution in [0, 0.1) is 0 Å². The molecule has 12 heavy (non-hydrogen) atoms. The molecule has 1 atom stereocenters. The van der Waals surface area contributed by atoms with E-state index in [1.165, 1.54) is 11.8 Å². The highest BCUT2D eigenvalue weighted by Crippen LogP contribution is 2.18. The Labute approximate surface area is 74.7 Å². The maximum atomic E-state index is 11.0. The van der Waals surface area contributed by atoms with Crippen molar-refractivity contribution in [2.45, 2.75) is 18.1 Å². The largest absolute Gasteiger partial charge is 0.481 e. The van der Waals surface area contributed by atoms with E-state index in [4.69, 9.17) is 5.11 Å². The van der Waals surface area contributed by atoms with Gasteiger partial charge in [-0.15, -0.1) is 11.8 Å². The van der Waals surface area contributed by atoms with E-state index in [1.807, 2.05) is 0 Å². The fourth-order valence-electron chi connectivity index (χ4n) is 1.02. The third-order valence-electron chi connectivity index (χ3n) is 1.63. The van der Waals surface area contributed by atoms with Crippen LogP contribution in [0.1, 0.15) is 12.8 Å². The Morgan fingerprint density at radius 1 is 1.75 bits per heavy atom. The van der Waals surface area contributed by atoms with Gasteiger partial charge in [-0.2, -0.15) is 0 Å². The topological polar surface area (TPSA) is 66.4 Å². The van der Waals surface area contributed by atoms with E-state index in [0.29, 0.717) is 5.75 Å². The zero-order valence-corrected chi connectivity index (χ0v) is 7.39. The molecule has 0 aromatic heterocycles. The molecule has 68 valence electrons. The van der Waals surface area contributed by atoms with Crippen molar-refractivity contribution in [2.24, 2.45) is 0 Å². The number of carboxylic acid groups (broad SMARTS) is 1. The van der Waals surface area contributed by atoms with Gasteiger partial charge in [0.1, 0.15) is 0 Å². The summed E-state index contributed by atoms with van der Waals surface area (Å²) in [6, 6.07) is 0. The second kappa shape index (κ2) is 4.35. The molecule has 0 aliphatic carbocycles. The van der Waals surface area contributed by atoms with Crippen LogP contribution in [-0.4, -0.2) is 34.5 Å². The molecule has 1 amide bonds. The molecule has 1 rings (SSSR count). The summed E-state index contributed by atoms with van der Waals surface area (Å²) < 4.78 is 0. The Kier molecular flexibility index (Phi) is 3.40. The van der Waals surface area contributed by atoms with Crippen LogP contribution in [-0.2, 0) is 9.59 Å². The average molecular weight is 189 g/mol. The molecule has 4 nitrogen and oxygen atoms in total. The van der Waals surface area contributed by atoms with Crippen LogP contribution < -0.4 is 5.32 Å². The van der Waals surface area contributed by atoms with Gasteiger partial charge in [0.25, 0.3) is 0 Å². The quantitative estimate of drug-likeness (QED) is 0.657. The summed E-state index contributed by atoms with van der Waals surface area (Å²) in [6.45, 7) is 0.726. The standard InChI is InChI=1S/C7H11NO3S/c9-6(10)2-4-12-5-1-3-8-7(5)11/h5H,1-4H2,(H,8,11)(H,9,10). The van der Waals surface area contributed by atoms with Gasteiger partial charge in [-0.1, -0.05) is 0 Å². The van der Waals surface area contributed by atoms with Gasteiger partial charge in [0.05, 0.1) is 11.7 Å². The summed E-state index contributed by atoms with van der Waals surface area (Å²) in [5.41, 5.74) is 0. The molecule has 0 saturated carbocycles. The summed E-state index contributed by atoms with van der Waals surface area (Å²) in [7, 11) is 0. The fraction of sp³-hybridized carbons (Fsp3) is 0.714. The van der Waals surface area contributed by atoms with E-state index < -0.39 is 5.97 Å². The van der Waals surface area contributed by atoms with Crippen molar-refractivity contribution in [3.63, 3.8) is 0 Å². The highest BCUT2D eigenvalue weighted by molar-refractivity contribution is 8.00. The van der Waals surface area contributed by atoms with Crippen LogP contribution >= 0.6 is 11.8 Å². The number of hydrogen-bond acceptors (Lipinski definition) is 3. The molecule has 1 fully saturated rings.